The molecule has 0 radical (unpaired) electrons. The fourth-order valence-corrected chi connectivity index (χ4v) is 5.17. The molecule has 0 saturated carbocycles. The van der Waals surface area contributed by atoms with Crippen LogP contribution in [0, 0.1) is 13.8 Å². The van der Waals surface area contributed by atoms with Gasteiger partial charge < -0.3 is 0 Å². The average molecular weight is 315 g/mol. The van der Waals surface area contributed by atoms with Gasteiger partial charge in [-0.2, -0.15) is 0 Å². The van der Waals surface area contributed by atoms with E-state index >= 15 is 0 Å². The maximum Gasteiger partial charge on any atom is 0.0553 e. The van der Waals surface area contributed by atoms with Crippen LogP contribution in [0.25, 0.3) is 0 Å². The van der Waals surface area contributed by atoms with Crippen LogP contribution >= 0.6 is 44.8 Å². The molecule has 0 unspecified atom stereocenters. The number of aryl methyl sites for hydroxylation is 2. The minimum Gasteiger partial charge on any atom is -0.0831 e. The normalized spacial score (nSPS) is 10.7. The van der Waals surface area contributed by atoms with E-state index in [0.717, 1.165) is 19.8 Å². The Bertz CT molecular complexity index is 476. The highest BCUT2D eigenvalue weighted by Crippen LogP contribution is 2.45. The van der Waals surface area contributed by atoms with Crippen molar-refractivity contribution in [3.05, 3.63) is 57.6 Å². The van der Waals surface area contributed by atoms with Crippen LogP contribution in [0.4, 0.5) is 0 Å². The Balaban J connectivity index is 2.22. The summed E-state index contributed by atoms with van der Waals surface area (Å²) in [4.78, 5) is 2.20. The molecule has 0 aliphatic heterocycles. The van der Waals surface area contributed by atoms with Gasteiger partial charge in [0.15, 0.2) is 0 Å². The zero-order valence-electron chi connectivity index (χ0n) is 10.0. The molecule has 0 spiro atoms. The summed E-state index contributed by atoms with van der Waals surface area (Å²) in [7, 11) is 3.31. The lowest BCUT2D eigenvalue weighted by Crippen LogP contribution is -1.81. The Morgan fingerprint density at radius 3 is 1.44 bits per heavy atom. The van der Waals surface area contributed by atoms with E-state index in [0.29, 0.717) is 0 Å². The van der Waals surface area contributed by atoms with Crippen LogP contribution in [0.1, 0.15) is 11.1 Å². The van der Waals surface area contributed by atoms with E-state index < -0.39 is 0 Å². The van der Waals surface area contributed by atoms with Crippen LogP contribution in [0.5, 0.6) is 0 Å². The third-order valence-electron chi connectivity index (χ3n) is 2.54. The number of rotatable bonds is 3. The van der Waals surface area contributed by atoms with Crippen molar-refractivity contribution in [3.63, 3.8) is 0 Å². The molecule has 4 heteroatoms. The molecule has 2 rings (SSSR count). The van der Waals surface area contributed by atoms with Crippen LogP contribution in [-0.2, 0) is 0 Å². The predicted molar refractivity (Wildman–Crippen MR) is 84.1 cm³/mol. The van der Waals surface area contributed by atoms with Crippen LogP contribution in [0.3, 0.4) is 0 Å². The molecule has 0 nitrogen and oxygen atoms in total. The fraction of sp³-hybridized carbons (Fsp3) is 0.143. The quantitative estimate of drug-likeness (QED) is 0.600. The van der Waals surface area contributed by atoms with Crippen LogP contribution in [0.15, 0.2) is 46.2 Å². The summed E-state index contributed by atoms with van der Waals surface area (Å²) < 4.78 is 0. The molecule has 18 heavy (non-hydrogen) atoms. The highest BCUT2D eigenvalue weighted by atomic mass is 35.5. The Morgan fingerprint density at radius 1 is 0.722 bits per heavy atom. The molecule has 0 aliphatic carbocycles. The zero-order chi connectivity index (χ0) is 13.1. The van der Waals surface area contributed by atoms with Crippen molar-refractivity contribution in [1.82, 2.24) is 0 Å². The van der Waals surface area contributed by atoms with E-state index in [1.807, 2.05) is 24.3 Å². The summed E-state index contributed by atoms with van der Waals surface area (Å²) in [5, 5.41) is 1.58. The first-order chi connectivity index (χ1) is 8.59. The van der Waals surface area contributed by atoms with E-state index in [2.05, 4.69) is 26.0 Å². The Hall–Kier alpha value is -0.280. The largest absolute Gasteiger partial charge is 0.0831 e. The van der Waals surface area contributed by atoms with Crippen molar-refractivity contribution in [2.75, 3.05) is 0 Å². The predicted octanol–water partition coefficient (Wildman–Crippen LogP) is 6.41. The first-order valence-electron chi connectivity index (χ1n) is 5.44. The van der Waals surface area contributed by atoms with E-state index in [4.69, 9.17) is 23.2 Å². The topological polar surface area (TPSA) is 0 Å². The Labute approximate surface area is 125 Å². The van der Waals surface area contributed by atoms with Gasteiger partial charge in [0.2, 0.25) is 0 Å². The van der Waals surface area contributed by atoms with E-state index in [-0.39, 0.29) is 0 Å². The summed E-state index contributed by atoms with van der Waals surface area (Å²) in [6.45, 7) is 4.13. The van der Waals surface area contributed by atoms with Gasteiger partial charge in [0.25, 0.3) is 0 Å². The first kappa shape index (κ1) is 14.1. The highest BCUT2D eigenvalue weighted by molar-refractivity contribution is 8.76. The molecule has 0 atom stereocenters. The van der Waals surface area contributed by atoms with E-state index in [1.54, 1.807) is 21.6 Å². The smallest absolute Gasteiger partial charge is 0.0553 e. The Kier molecular flexibility index (Phi) is 4.91. The van der Waals surface area contributed by atoms with E-state index in [9.17, 15) is 0 Å². The third-order valence-corrected chi connectivity index (χ3v) is 6.14. The number of halogens is 2. The molecule has 94 valence electrons. The van der Waals surface area contributed by atoms with Gasteiger partial charge in [-0.05, 0) is 37.1 Å². The van der Waals surface area contributed by atoms with Gasteiger partial charge in [-0.25, -0.2) is 0 Å². The second kappa shape index (κ2) is 6.25. The van der Waals surface area contributed by atoms with Gasteiger partial charge in [0.05, 0.1) is 10.0 Å². The SMILES string of the molecule is Cc1cccc(Cl)c1SSc1c(C)cccc1Cl. The molecule has 2 aromatic rings. The van der Waals surface area contributed by atoms with Crippen molar-refractivity contribution >= 4 is 44.8 Å². The lowest BCUT2D eigenvalue weighted by molar-refractivity contribution is 1.30. The van der Waals surface area contributed by atoms with Gasteiger partial charge in [-0.1, -0.05) is 69.1 Å². The summed E-state index contributed by atoms with van der Waals surface area (Å²) in [6.07, 6.45) is 0. The monoisotopic (exact) mass is 314 g/mol. The van der Waals surface area contributed by atoms with Gasteiger partial charge in [0.1, 0.15) is 0 Å². The second-order valence-corrected chi connectivity index (χ2v) is 6.90. The lowest BCUT2D eigenvalue weighted by atomic mass is 10.2. The van der Waals surface area contributed by atoms with Crippen LogP contribution < -0.4 is 0 Å². The third kappa shape index (κ3) is 3.18. The summed E-state index contributed by atoms with van der Waals surface area (Å²) in [5.41, 5.74) is 2.37. The van der Waals surface area contributed by atoms with Crippen LogP contribution in [-0.4, -0.2) is 0 Å². The first-order valence-corrected chi connectivity index (χ1v) is 8.35. The highest BCUT2D eigenvalue weighted by Gasteiger charge is 2.09. The molecule has 0 saturated heterocycles. The fourth-order valence-electron chi connectivity index (χ4n) is 1.53. The van der Waals surface area contributed by atoms with Crippen molar-refractivity contribution < 1.29 is 0 Å². The summed E-state index contributed by atoms with van der Waals surface area (Å²) >= 11 is 12.4. The second-order valence-electron chi connectivity index (χ2n) is 3.94. The average Bonchev–Trinajstić information content (AvgIpc) is 2.31. The number of hydrogen-bond acceptors (Lipinski definition) is 2. The number of hydrogen-bond donors (Lipinski definition) is 0. The van der Waals surface area contributed by atoms with Gasteiger partial charge >= 0.3 is 0 Å². The van der Waals surface area contributed by atoms with Crippen molar-refractivity contribution in [2.45, 2.75) is 23.6 Å². The molecular formula is C14H12Cl2S2. The standard InChI is InChI=1S/C14H12Cl2S2/c1-9-5-3-7-11(15)13(9)17-18-14-10(2)6-4-8-12(14)16/h3-8H,1-2H3. The maximum atomic E-state index is 6.21. The molecular weight excluding hydrogens is 303 g/mol. The zero-order valence-corrected chi connectivity index (χ0v) is 13.2. The number of benzene rings is 2. The van der Waals surface area contributed by atoms with Crippen molar-refractivity contribution in [3.8, 4) is 0 Å². The minimum atomic E-state index is 0.789. The minimum absolute atomic E-state index is 0.789. The Morgan fingerprint density at radius 2 is 1.11 bits per heavy atom. The van der Waals surface area contributed by atoms with Gasteiger partial charge in [-0.3, -0.25) is 0 Å². The molecule has 2 aromatic carbocycles. The maximum absolute atomic E-state index is 6.21. The molecule has 0 bridgehead atoms. The van der Waals surface area contributed by atoms with E-state index in [1.165, 1.54) is 11.1 Å². The summed E-state index contributed by atoms with van der Waals surface area (Å²) in [6, 6.07) is 11.9. The lowest BCUT2D eigenvalue weighted by Gasteiger charge is -2.09. The van der Waals surface area contributed by atoms with Crippen molar-refractivity contribution in [2.24, 2.45) is 0 Å². The molecule has 0 fully saturated rings. The molecule has 0 aliphatic rings. The van der Waals surface area contributed by atoms with Crippen molar-refractivity contribution in [1.29, 1.82) is 0 Å². The van der Waals surface area contributed by atoms with Gasteiger partial charge in [-0.15, -0.1) is 0 Å². The van der Waals surface area contributed by atoms with Gasteiger partial charge in [0, 0.05) is 9.79 Å². The molecule has 0 heterocycles. The molecule has 0 amide bonds. The summed E-state index contributed by atoms with van der Waals surface area (Å²) in [5.74, 6) is 0. The van der Waals surface area contributed by atoms with Crippen LogP contribution in [0.2, 0.25) is 10.0 Å². The molecule has 0 N–H and O–H groups in total. The molecule has 0 aromatic heterocycles.